The summed E-state index contributed by atoms with van der Waals surface area (Å²) in [6, 6.07) is 13.2. The predicted molar refractivity (Wildman–Crippen MR) is 115 cm³/mol. The first-order valence-electron chi connectivity index (χ1n) is 9.58. The molecule has 3 rings (SSSR count). The molecule has 6 heteroatoms. The summed E-state index contributed by atoms with van der Waals surface area (Å²) in [5.41, 5.74) is 1.19. The van der Waals surface area contributed by atoms with Crippen LogP contribution in [-0.4, -0.2) is 17.9 Å². The zero-order chi connectivity index (χ0) is 20.1. The molecule has 148 valence electrons. The fraction of sp³-hybridized carbons (Fsp3) is 0.364. The molecule has 2 amide bonds. The van der Waals surface area contributed by atoms with E-state index in [1.165, 1.54) is 25.1 Å². The minimum absolute atomic E-state index is 0.0894. The van der Waals surface area contributed by atoms with Crippen LogP contribution in [0.15, 0.2) is 52.3 Å². The maximum atomic E-state index is 12.8. The van der Waals surface area contributed by atoms with E-state index in [0.29, 0.717) is 22.2 Å². The van der Waals surface area contributed by atoms with E-state index in [2.05, 4.69) is 17.6 Å². The molecule has 2 aromatic carbocycles. The maximum Gasteiger partial charge on any atom is 0.251 e. The molecule has 4 nitrogen and oxygen atoms in total. The lowest BCUT2D eigenvalue weighted by molar-refractivity contribution is -0.114. The first-order valence-corrected chi connectivity index (χ1v) is 10.8. The van der Waals surface area contributed by atoms with E-state index in [1.807, 2.05) is 36.4 Å². The van der Waals surface area contributed by atoms with Gasteiger partial charge in [0.1, 0.15) is 0 Å². The molecule has 2 aromatic rings. The van der Waals surface area contributed by atoms with Crippen LogP contribution in [0.5, 0.6) is 0 Å². The number of anilines is 1. The molecular weight excluding hydrogens is 392 g/mol. The van der Waals surface area contributed by atoms with Gasteiger partial charge in [-0.05, 0) is 61.2 Å². The Labute approximate surface area is 175 Å². The van der Waals surface area contributed by atoms with E-state index in [1.54, 1.807) is 6.07 Å². The largest absolute Gasteiger partial charge is 0.349 e. The lowest BCUT2D eigenvalue weighted by Crippen LogP contribution is -2.41. The quantitative estimate of drug-likeness (QED) is 0.651. The molecule has 0 unspecified atom stereocenters. The number of carbonyl (C=O) groups excluding carboxylic acids is 2. The van der Waals surface area contributed by atoms with Gasteiger partial charge in [-0.3, -0.25) is 9.59 Å². The second kappa shape index (κ2) is 9.48. The first-order chi connectivity index (χ1) is 13.4. The molecule has 0 bridgehead atoms. The molecule has 2 atom stereocenters. The Morgan fingerprint density at radius 3 is 2.46 bits per heavy atom. The van der Waals surface area contributed by atoms with Crippen LogP contribution in [0.3, 0.4) is 0 Å². The molecule has 0 radical (unpaired) electrons. The van der Waals surface area contributed by atoms with Crippen molar-refractivity contribution in [2.45, 2.75) is 55.4 Å². The molecule has 28 heavy (non-hydrogen) atoms. The van der Waals surface area contributed by atoms with Crippen LogP contribution in [0.4, 0.5) is 5.69 Å². The van der Waals surface area contributed by atoms with Gasteiger partial charge in [0.05, 0.1) is 5.69 Å². The third kappa shape index (κ3) is 5.52. The van der Waals surface area contributed by atoms with Crippen molar-refractivity contribution in [3.05, 3.63) is 53.1 Å². The zero-order valence-corrected chi connectivity index (χ0v) is 17.7. The summed E-state index contributed by atoms with van der Waals surface area (Å²) in [7, 11) is 0. The van der Waals surface area contributed by atoms with Gasteiger partial charge in [-0.25, -0.2) is 0 Å². The normalized spacial score (nSPS) is 19.1. The van der Waals surface area contributed by atoms with Crippen molar-refractivity contribution in [2.75, 3.05) is 5.32 Å². The number of hydrogen-bond acceptors (Lipinski definition) is 3. The fourth-order valence-corrected chi connectivity index (χ4v) is 4.47. The van der Waals surface area contributed by atoms with E-state index in [9.17, 15) is 9.59 Å². The Kier molecular flexibility index (Phi) is 7.03. The highest BCUT2D eigenvalue weighted by atomic mass is 35.5. The zero-order valence-electron chi connectivity index (χ0n) is 16.1. The number of halogens is 1. The van der Waals surface area contributed by atoms with Crippen molar-refractivity contribution >= 4 is 40.9 Å². The van der Waals surface area contributed by atoms with Crippen LogP contribution in [0.25, 0.3) is 0 Å². The molecule has 0 saturated heterocycles. The van der Waals surface area contributed by atoms with Crippen molar-refractivity contribution < 1.29 is 9.59 Å². The summed E-state index contributed by atoms with van der Waals surface area (Å²) in [5, 5.41) is 6.69. The lowest BCUT2D eigenvalue weighted by atomic mass is 9.86. The molecule has 1 saturated carbocycles. The minimum Gasteiger partial charge on any atom is -0.349 e. The van der Waals surface area contributed by atoms with Crippen molar-refractivity contribution in [3.63, 3.8) is 0 Å². The van der Waals surface area contributed by atoms with Crippen LogP contribution >= 0.6 is 23.4 Å². The van der Waals surface area contributed by atoms with Crippen molar-refractivity contribution in [2.24, 2.45) is 5.92 Å². The third-order valence-corrected chi connectivity index (χ3v) is 6.36. The Hall–Kier alpha value is -1.98. The van der Waals surface area contributed by atoms with Gasteiger partial charge in [0.15, 0.2) is 0 Å². The number of nitrogens with one attached hydrogen (secondary N) is 2. The molecule has 1 aliphatic carbocycles. The second-order valence-electron chi connectivity index (χ2n) is 7.29. The van der Waals surface area contributed by atoms with Crippen molar-refractivity contribution in [1.82, 2.24) is 5.32 Å². The van der Waals surface area contributed by atoms with Gasteiger partial charge in [-0.15, -0.1) is 0 Å². The summed E-state index contributed by atoms with van der Waals surface area (Å²) in [5.74, 6) is 0.233. The topological polar surface area (TPSA) is 58.2 Å². The lowest BCUT2D eigenvalue weighted by Gasteiger charge is -2.29. The van der Waals surface area contributed by atoms with Crippen LogP contribution in [0, 0.1) is 5.92 Å². The van der Waals surface area contributed by atoms with Crippen LogP contribution in [0.1, 0.15) is 49.9 Å². The smallest absolute Gasteiger partial charge is 0.251 e. The van der Waals surface area contributed by atoms with Gasteiger partial charge in [-0.1, -0.05) is 43.1 Å². The maximum absolute atomic E-state index is 12.8. The fourth-order valence-electron chi connectivity index (χ4n) is 3.46. The Morgan fingerprint density at radius 2 is 1.79 bits per heavy atom. The Balaban J connectivity index is 1.79. The standard InChI is InChI=1S/C22H25ClN2O2S/c1-14-5-3-4-6-19(14)25-22(27)16-7-12-21(20(13-16)24-15(2)26)28-18-10-8-17(23)9-11-18/h7-14,19H,3-6H2,1-2H3,(H,24,26)(H,25,27)/t14-,19+/m1/s1. The molecule has 2 N–H and O–H groups in total. The highest BCUT2D eigenvalue weighted by Crippen LogP contribution is 2.35. The molecule has 1 aliphatic rings. The van der Waals surface area contributed by atoms with E-state index < -0.39 is 0 Å². The van der Waals surface area contributed by atoms with Gasteiger partial charge < -0.3 is 10.6 Å². The van der Waals surface area contributed by atoms with Crippen molar-refractivity contribution in [1.29, 1.82) is 0 Å². The molecule has 0 heterocycles. The summed E-state index contributed by atoms with van der Waals surface area (Å²) in [6.45, 7) is 3.66. The molecule has 0 aliphatic heterocycles. The second-order valence-corrected chi connectivity index (χ2v) is 8.84. The van der Waals surface area contributed by atoms with Gasteiger partial charge in [-0.2, -0.15) is 0 Å². The number of amides is 2. The summed E-state index contributed by atoms with van der Waals surface area (Å²) in [6.07, 6.45) is 4.56. The van der Waals surface area contributed by atoms with Gasteiger partial charge in [0.2, 0.25) is 5.91 Å². The van der Waals surface area contributed by atoms with Crippen molar-refractivity contribution in [3.8, 4) is 0 Å². The molecule has 0 aromatic heterocycles. The van der Waals surface area contributed by atoms with Crippen LogP contribution in [0.2, 0.25) is 5.02 Å². The summed E-state index contributed by atoms with van der Waals surface area (Å²) in [4.78, 5) is 26.3. The van der Waals surface area contributed by atoms with Crippen LogP contribution < -0.4 is 10.6 Å². The SMILES string of the molecule is CC(=O)Nc1cc(C(=O)N[C@H]2CCCC[C@H]2C)ccc1Sc1ccc(Cl)cc1. The minimum atomic E-state index is -0.170. The number of hydrogen-bond donors (Lipinski definition) is 2. The van der Waals surface area contributed by atoms with Crippen LogP contribution in [-0.2, 0) is 4.79 Å². The van der Waals surface area contributed by atoms with Gasteiger partial charge >= 0.3 is 0 Å². The summed E-state index contributed by atoms with van der Waals surface area (Å²) < 4.78 is 0. The third-order valence-electron chi connectivity index (χ3n) is 5.02. The molecule has 1 fully saturated rings. The number of rotatable bonds is 5. The van der Waals surface area contributed by atoms with E-state index >= 15 is 0 Å². The van der Waals surface area contributed by atoms with E-state index in [-0.39, 0.29) is 17.9 Å². The Morgan fingerprint density at radius 1 is 1.07 bits per heavy atom. The molecule has 0 spiro atoms. The average molecular weight is 417 g/mol. The highest BCUT2D eigenvalue weighted by molar-refractivity contribution is 7.99. The predicted octanol–water partition coefficient (Wildman–Crippen LogP) is 5.76. The van der Waals surface area contributed by atoms with E-state index in [0.717, 1.165) is 29.1 Å². The first kappa shape index (κ1) is 20.7. The van der Waals surface area contributed by atoms with Gasteiger partial charge in [0, 0.05) is 33.3 Å². The van der Waals surface area contributed by atoms with Gasteiger partial charge in [0.25, 0.3) is 5.91 Å². The Bertz CT molecular complexity index is 854. The number of carbonyl (C=O) groups is 2. The molecular formula is C22H25ClN2O2S. The van der Waals surface area contributed by atoms with E-state index in [4.69, 9.17) is 11.6 Å². The monoisotopic (exact) mass is 416 g/mol. The average Bonchev–Trinajstić information content (AvgIpc) is 2.66. The summed E-state index contributed by atoms with van der Waals surface area (Å²) >= 11 is 7.47. The number of benzene rings is 2. The highest BCUT2D eigenvalue weighted by Gasteiger charge is 2.23.